The van der Waals surface area contributed by atoms with E-state index in [9.17, 15) is 14.7 Å². The number of carbonyl (C=O) groups excluding carboxylic acids is 1. The predicted molar refractivity (Wildman–Crippen MR) is 150 cm³/mol. The third-order valence-corrected chi connectivity index (χ3v) is 8.15. The fraction of sp³-hybridized carbons (Fsp3) is 0.214. The van der Waals surface area contributed by atoms with E-state index in [1.54, 1.807) is 17.0 Å². The molecular weight excluding hydrogens is 508 g/mol. The summed E-state index contributed by atoms with van der Waals surface area (Å²) in [6.45, 7) is 2.38. The van der Waals surface area contributed by atoms with E-state index in [0.717, 1.165) is 49.3 Å². The van der Waals surface area contributed by atoms with Crippen LogP contribution in [0.4, 0.5) is 10.8 Å². The van der Waals surface area contributed by atoms with E-state index in [1.807, 2.05) is 50.4 Å². The summed E-state index contributed by atoms with van der Waals surface area (Å²) in [5.41, 5.74) is 6.64. The van der Waals surface area contributed by atoms with Crippen molar-refractivity contribution in [3.8, 4) is 11.1 Å². The van der Waals surface area contributed by atoms with Crippen molar-refractivity contribution in [1.82, 2.24) is 4.98 Å². The standard InChI is InChI=1S/C28H25ClN4O3S/c1-15-9-23-27(26(21(15)12-25(35)36)16-3-6-20(29)7-4-16)37-28(32-23)33-14-19(11-24(33)34)17-5-8-22(31-2)18(10-17)13-30/h3-10,13,19,30-31H,11-12,14H2,1-2H3,(H,35,36). The van der Waals surface area contributed by atoms with Crippen LogP contribution in [0.1, 0.15) is 34.6 Å². The Kier molecular flexibility index (Phi) is 6.70. The van der Waals surface area contributed by atoms with Gasteiger partial charge in [-0.3, -0.25) is 14.5 Å². The molecule has 1 fully saturated rings. The van der Waals surface area contributed by atoms with Gasteiger partial charge in [0.15, 0.2) is 5.13 Å². The molecule has 3 aromatic carbocycles. The van der Waals surface area contributed by atoms with Crippen LogP contribution in [-0.4, -0.2) is 41.8 Å². The largest absolute Gasteiger partial charge is 0.481 e. The molecule has 1 aromatic heterocycles. The van der Waals surface area contributed by atoms with E-state index in [0.29, 0.717) is 23.1 Å². The van der Waals surface area contributed by atoms with Crippen molar-refractivity contribution < 1.29 is 14.7 Å². The molecule has 188 valence electrons. The van der Waals surface area contributed by atoms with Gasteiger partial charge < -0.3 is 15.8 Å². The fourth-order valence-electron chi connectivity index (χ4n) is 4.94. The maximum Gasteiger partial charge on any atom is 0.307 e. The predicted octanol–water partition coefficient (Wildman–Crippen LogP) is 6.11. The Morgan fingerprint density at radius 3 is 2.70 bits per heavy atom. The van der Waals surface area contributed by atoms with Crippen molar-refractivity contribution in [2.75, 3.05) is 23.8 Å². The molecule has 0 spiro atoms. The fourth-order valence-corrected chi connectivity index (χ4v) is 6.23. The maximum absolute atomic E-state index is 13.1. The Morgan fingerprint density at radius 1 is 1.27 bits per heavy atom. The van der Waals surface area contributed by atoms with Crippen molar-refractivity contribution in [2.45, 2.75) is 25.7 Å². The number of carboxylic acid groups (broad SMARTS) is 1. The quantitative estimate of drug-likeness (QED) is 0.249. The minimum atomic E-state index is -0.909. The van der Waals surface area contributed by atoms with Crippen LogP contribution in [0.15, 0.2) is 48.5 Å². The summed E-state index contributed by atoms with van der Waals surface area (Å²) in [5.74, 6) is -0.925. The molecule has 9 heteroatoms. The lowest BCUT2D eigenvalue weighted by molar-refractivity contribution is -0.136. The molecule has 1 saturated heterocycles. The van der Waals surface area contributed by atoms with Crippen molar-refractivity contribution in [2.24, 2.45) is 0 Å². The van der Waals surface area contributed by atoms with Crippen LogP contribution in [0.5, 0.6) is 0 Å². The number of nitrogens with zero attached hydrogens (tertiary/aromatic N) is 2. The number of aliphatic carboxylic acids is 1. The van der Waals surface area contributed by atoms with Gasteiger partial charge in [-0.2, -0.15) is 0 Å². The van der Waals surface area contributed by atoms with Crippen LogP contribution in [-0.2, 0) is 16.0 Å². The molecule has 7 nitrogen and oxygen atoms in total. The van der Waals surface area contributed by atoms with E-state index in [1.165, 1.54) is 17.6 Å². The number of hydrogen-bond acceptors (Lipinski definition) is 6. The van der Waals surface area contributed by atoms with Gasteiger partial charge >= 0.3 is 5.97 Å². The molecule has 37 heavy (non-hydrogen) atoms. The zero-order valence-electron chi connectivity index (χ0n) is 20.3. The first-order valence-corrected chi connectivity index (χ1v) is 13.0. The van der Waals surface area contributed by atoms with Gasteiger partial charge in [0.1, 0.15) is 0 Å². The topological polar surface area (TPSA) is 106 Å². The molecule has 5 rings (SSSR count). The molecule has 4 aromatic rings. The normalized spacial score (nSPS) is 15.4. The summed E-state index contributed by atoms with van der Waals surface area (Å²) in [5, 5.41) is 21.6. The number of nitrogens with one attached hydrogen (secondary N) is 2. The molecule has 1 unspecified atom stereocenters. The summed E-state index contributed by atoms with van der Waals surface area (Å²) in [6.07, 6.45) is 1.56. The van der Waals surface area contributed by atoms with Crippen molar-refractivity contribution >= 4 is 62.1 Å². The molecular formula is C28H25ClN4O3S. The number of aromatic nitrogens is 1. The molecule has 2 heterocycles. The van der Waals surface area contributed by atoms with Gasteiger partial charge in [0, 0.05) is 54.0 Å². The van der Waals surface area contributed by atoms with Crippen LogP contribution in [0.2, 0.25) is 5.02 Å². The second-order valence-electron chi connectivity index (χ2n) is 9.12. The SMILES string of the molecule is CNc1ccc(C2CC(=O)N(c3nc4cc(C)c(CC(=O)O)c(-c5ccc(Cl)cc5)c4s3)C2)cc1C=N. The summed E-state index contributed by atoms with van der Waals surface area (Å²) in [7, 11) is 1.82. The zero-order valence-corrected chi connectivity index (χ0v) is 21.9. The van der Waals surface area contributed by atoms with Gasteiger partial charge in [-0.1, -0.05) is 41.1 Å². The lowest BCUT2D eigenvalue weighted by atomic mass is 9.93. The van der Waals surface area contributed by atoms with Gasteiger partial charge in [-0.25, -0.2) is 4.98 Å². The van der Waals surface area contributed by atoms with Crippen LogP contribution in [0.25, 0.3) is 21.3 Å². The Labute approximate surface area is 223 Å². The summed E-state index contributed by atoms with van der Waals surface area (Å²) >= 11 is 7.52. The van der Waals surface area contributed by atoms with E-state index < -0.39 is 5.97 Å². The van der Waals surface area contributed by atoms with Gasteiger partial charge in [0.25, 0.3) is 0 Å². The highest BCUT2D eigenvalue weighted by Crippen LogP contribution is 2.43. The first kappa shape index (κ1) is 24.9. The molecule has 0 aliphatic carbocycles. The third-order valence-electron chi connectivity index (χ3n) is 6.79. The first-order valence-electron chi connectivity index (χ1n) is 11.8. The molecule has 0 bridgehead atoms. The lowest BCUT2D eigenvalue weighted by Crippen LogP contribution is -2.24. The Hall–Kier alpha value is -3.75. The average molecular weight is 533 g/mol. The highest BCUT2D eigenvalue weighted by Gasteiger charge is 2.34. The minimum Gasteiger partial charge on any atom is -0.481 e. The number of carbonyl (C=O) groups is 2. The Bertz CT molecular complexity index is 1550. The Balaban J connectivity index is 1.56. The highest BCUT2D eigenvalue weighted by atomic mass is 35.5. The number of amides is 1. The molecule has 0 radical (unpaired) electrons. The van der Waals surface area contributed by atoms with Crippen molar-refractivity contribution in [3.63, 3.8) is 0 Å². The summed E-state index contributed by atoms with van der Waals surface area (Å²) in [6, 6.07) is 15.1. The minimum absolute atomic E-state index is 0.00586. The summed E-state index contributed by atoms with van der Waals surface area (Å²) in [4.78, 5) is 31.4. The Morgan fingerprint density at radius 2 is 2.03 bits per heavy atom. The molecule has 1 aliphatic rings. The van der Waals surface area contributed by atoms with Gasteiger partial charge in [-0.15, -0.1) is 0 Å². The number of thiazole rings is 1. The molecule has 1 aliphatic heterocycles. The van der Waals surface area contributed by atoms with Crippen LogP contribution in [0, 0.1) is 12.3 Å². The number of carboxylic acids is 1. The van der Waals surface area contributed by atoms with Gasteiger partial charge in [-0.05, 0) is 59.5 Å². The molecule has 1 amide bonds. The van der Waals surface area contributed by atoms with E-state index in [4.69, 9.17) is 22.0 Å². The number of anilines is 2. The number of hydrogen-bond donors (Lipinski definition) is 3. The summed E-state index contributed by atoms with van der Waals surface area (Å²) < 4.78 is 0.847. The monoisotopic (exact) mass is 532 g/mol. The van der Waals surface area contributed by atoms with Gasteiger partial charge in [0.05, 0.1) is 16.6 Å². The molecule has 0 saturated carbocycles. The number of halogens is 1. The highest BCUT2D eigenvalue weighted by molar-refractivity contribution is 7.23. The number of aryl methyl sites for hydroxylation is 1. The molecule has 1 atom stereocenters. The van der Waals surface area contributed by atoms with Crippen LogP contribution in [0.3, 0.4) is 0 Å². The smallest absolute Gasteiger partial charge is 0.307 e. The first-order chi connectivity index (χ1) is 17.8. The number of benzene rings is 3. The lowest BCUT2D eigenvalue weighted by Gasteiger charge is -2.14. The maximum atomic E-state index is 13.1. The van der Waals surface area contributed by atoms with E-state index in [2.05, 4.69) is 5.32 Å². The van der Waals surface area contributed by atoms with Gasteiger partial charge in [0.2, 0.25) is 5.91 Å². The number of rotatable bonds is 7. The van der Waals surface area contributed by atoms with Crippen molar-refractivity contribution in [3.05, 3.63) is 75.8 Å². The number of fused-ring (bicyclic) bond motifs is 1. The third kappa shape index (κ3) is 4.70. The van der Waals surface area contributed by atoms with Crippen molar-refractivity contribution in [1.29, 1.82) is 5.41 Å². The molecule has 3 N–H and O–H groups in total. The van der Waals surface area contributed by atoms with Crippen LogP contribution < -0.4 is 10.2 Å². The van der Waals surface area contributed by atoms with E-state index >= 15 is 0 Å². The second-order valence-corrected chi connectivity index (χ2v) is 10.5. The zero-order chi connectivity index (χ0) is 26.3. The second kappa shape index (κ2) is 9.95. The van der Waals surface area contributed by atoms with Crippen LogP contribution >= 0.6 is 22.9 Å². The van der Waals surface area contributed by atoms with E-state index in [-0.39, 0.29) is 18.2 Å². The average Bonchev–Trinajstić information content (AvgIpc) is 3.47.